The number of carbonyl (C=O) groups is 2. The van der Waals surface area contributed by atoms with Crippen molar-refractivity contribution in [3.63, 3.8) is 0 Å². The highest BCUT2D eigenvalue weighted by Gasteiger charge is 2.45. The summed E-state index contributed by atoms with van der Waals surface area (Å²) < 4.78 is 10.4. The third-order valence-corrected chi connectivity index (χ3v) is 3.73. The predicted molar refractivity (Wildman–Crippen MR) is 84.3 cm³/mol. The number of likely N-dealkylation sites (tertiary alicyclic amines) is 1. The van der Waals surface area contributed by atoms with E-state index in [0.717, 1.165) is 10.5 Å². The van der Waals surface area contributed by atoms with Crippen LogP contribution in [0.1, 0.15) is 38.7 Å². The predicted octanol–water partition coefficient (Wildman–Crippen LogP) is 2.31. The zero-order valence-corrected chi connectivity index (χ0v) is 13.9. The minimum absolute atomic E-state index is 0.280. The van der Waals surface area contributed by atoms with Crippen molar-refractivity contribution < 1.29 is 24.2 Å². The van der Waals surface area contributed by atoms with Gasteiger partial charge in [0.05, 0.1) is 25.7 Å². The molecule has 6 heteroatoms. The van der Waals surface area contributed by atoms with Gasteiger partial charge in [-0.2, -0.15) is 0 Å². The van der Waals surface area contributed by atoms with Crippen LogP contribution in [0.2, 0.25) is 0 Å². The first-order valence-electron chi connectivity index (χ1n) is 7.57. The van der Waals surface area contributed by atoms with Gasteiger partial charge in [-0.05, 0) is 44.9 Å². The van der Waals surface area contributed by atoms with E-state index in [9.17, 15) is 14.7 Å². The highest BCUT2D eigenvalue weighted by molar-refractivity contribution is 5.98. The molecule has 1 N–H and O–H groups in total. The van der Waals surface area contributed by atoms with E-state index in [1.807, 2.05) is 0 Å². The maximum Gasteiger partial charge on any atom is 0.417 e. The Kier molecular flexibility index (Phi) is 4.94. The largest absolute Gasteiger partial charge is 0.497 e. The zero-order chi connectivity index (χ0) is 17.2. The quantitative estimate of drug-likeness (QED) is 0.924. The molecular formula is C17H23NO5. The van der Waals surface area contributed by atoms with Crippen LogP contribution in [-0.4, -0.2) is 47.4 Å². The van der Waals surface area contributed by atoms with Crippen LogP contribution in [0.15, 0.2) is 24.3 Å². The first kappa shape index (κ1) is 17.3. The number of benzene rings is 1. The van der Waals surface area contributed by atoms with Gasteiger partial charge in [0, 0.05) is 0 Å². The number of amides is 2. The molecule has 1 saturated heterocycles. The summed E-state index contributed by atoms with van der Waals surface area (Å²) in [7, 11) is 1.57. The van der Waals surface area contributed by atoms with Gasteiger partial charge in [-0.3, -0.25) is 4.79 Å². The topological polar surface area (TPSA) is 76.1 Å². The van der Waals surface area contributed by atoms with Gasteiger partial charge in [0.15, 0.2) is 0 Å². The molecular weight excluding hydrogens is 298 g/mol. The van der Waals surface area contributed by atoms with Crippen molar-refractivity contribution >= 4 is 12.0 Å². The number of nitrogens with zero attached hydrogens (tertiary/aromatic N) is 1. The zero-order valence-electron chi connectivity index (χ0n) is 13.9. The molecule has 0 unspecified atom stereocenters. The Morgan fingerprint density at radius 2 is 1.91 bits per heavy atom. The fourth-order valence-electron chi connectivity index (χ4n) is 2.65. The Labute approximate surface area is 136 Å². The smallest absolute Gasteiger partial charge is 0.417 e. The molecule has 2 amide bonds. The SMILES string of the molecule is COc1ccc([C@@H]2C[C@H](CO)N(C(=O)OC(C)(C)C)C2=O)cc1. The minimum Gasteiger partial charge on any atom is -0.497 e. The van der Waals surface area contributed by atoms with Crippen LogP contribution in [0, 0.1) is 0 Å². The van der Waals surface area contributed by atoms with Gasteiger partial charge >= 0.3 is 6.09 Å². The molecule has 23 heavy (non-hydrogen) atoms. The van der Waals surface area contributed by atoms with Gasteiger partial charge in [-0.25, -0.2) is 9.69 Å². The molecule has 2 rings (SSSR count). The molecule has 126 valence electrons. The fraction of sp³-hybridized carbons (Fsp3) is 0.529. The molecule has 0 radical (unpaired) electrons. The maximum absolute atomic E-state index is 12.6. The first-order chi connectivity index (χ1) is 10.8. The second-order valence-electron chi connectivity index (χ2n) is 6.59. The summed E-state index contributed by atoms with van der Waals surface area (Å²) >= 11 is 0. The van der Waals surface area contributed by atoms with Crippen molar-refractivity contribution in [1.29, 1.82) is 0 Å². The molecule has 2 atom stereocenters. The number of imide groups is 1. The van der Waals surface area contributed by atoms with Gasteiger partial charge in [0.25, 0.3) is 0 Å². The summed E-state index contributed by atoms with van der Waals surface area (Å²) in [6.07, 6.45) is -0.335. The fourth-order valence-corrected chi connectivity index (χ4v) is 2.65. The van der Waals surface area contributed by atoms with Crippen molar-refractivity contribution in [2.75, 3.05) is 13.7 Å². The number of methoxy groups -OCH3 is 1. The molecule has 0 spiro atoms. The van der Waals surface area contributed by atoms with Crippen LogP contribution in [0.25, 0.3) is 0 Å². The van der Waals surface area contributed by atoms with Gasteiger partial charge in [-0.15, -0.1) is 0 Å². The summed E-state index contributed by atoms with van der Waals surface area (Å²) in [6.45, 7) is 4.93. The summed E-state index contributed by atoms with van der Waals surface area (Å²) in [6, 6.07) is 6.58. The van der Waals surface area contributed by atoms with Gasteiger partial charge < -0.3 is 14.6 Å². The Hall–Kier alpha value is -2.08. The van der Waals surface area contributed by atoms with E-state index in [4.69, 9.17) is 9.47 Å². The lowest BCUT2D eigenvalue weighted by Gasteiger charge is -2.26. The van der Waals surface area contributed by atoms with Crippen LogP contribution < -0.4 is 4.74 Å². The number of carbonyl (C=O) groups excluding carboxylic acids is 2. The lowest BCUT2D eigenvalue weighted by Crippen LogP contribution is -2.44. The first-order valence-corrected chi connectivity index (χ1v) is 7.57. The maximum atomic E-state index is 12.6. The average molecular weight is 321 g/mol. The number of rotatable bonds is 3. The Balaban J connectivity index is 2.22. The third kappa shape index (κ3) is 3.82. The van der Waals surface area contributed by atoms with Gasteiger partial charge in [0.1, 0.15) is 11.4 Å². The standard InChI is InChI=1S/C17H23NO5/c1-17(2,3)23-16(21)18-12(10-19)9-14(15(18)20)11-5-7-13(22-4)8-6-11/h5-8,12,14,19H,9-10H2,1-4H3/t12-,14+/m1/s1. The van der Waals surface area contributed by atoms with Crippen molar-refractivity contribution in [3.8, 4) is 5.75 Å². The van der Waals surface area contributed by atoms with Gasteiger partial charge in [0.2, 0.25) is 5.91 Å². The molecule has 1 aromatic rings. The molecule has 0 aromatic heterocycles. The average Bonchev–Trinajstić information content (AvgIpc) is 2.82. The third-order valence-electron chi connectivity index (χ3n) is 3.73. The minimum atomic E-state index is -0.711. The molecule has 1 aliphatic heterocycles. The molecule has 6 nitrogen and oxygen atoms in total. The molecule has 1 heterocycles. The lowest BCUT2D eigenvalue weighted by molar-refractivity contribution is -0.129. The molecule has 0 bridgehead atoms. The highest BCUT2D eigenvalue weighted by atomic mass is 16.6. The summed E-state index contributed by atoms with van der Waals surface area (Å²) in [5, 5.41) is 9.53. The molecule has 1 aromatic carbocycles. The van der Waals surface area contributed by atoms with E-state index < -0.39 is 23.7 Å². The number of ether oxygens (including phenoxy) is 2. The Morgan fingerprint density at radius 3 is 2.39 bits per heavy atom. The van der Waals surface area contributed by atoms with Crippen molar-refractivity contribution in [1.82, 2.24) is 4.90 Å². The molecule has 0 aliphatic carbocycles. The van der Waals surface area contributed by atoms with E-state index >= 15 is 0 Å². The summed E-state index contributed by atoms with van der Waals surface area (Å²) in [4.78, 5) is 26.0. The second-order valence-corrected chi connectivity index (χ2v) is 6.59. The van der Waals surface area contributed by atoms with Crippen LogP contribution in [0.4, 0.5) is 4.79 Å². The van der Waals surface area contributed by atoms with Crippen molar-refractivity contribution in [2.45, 2.75) is 44.8 Å². The normalized spacial score (nSPS) is 21.4. The van der Waals surface area contributed by atoms with Crippen molar-refractivity contribution in [3.05, 3.63) is 29.8 Å². The van der Waals surface area contributed by atoms with Crippen molar-refractivity contribution in [2.24, 2.45) is 0 Å². The van der Waals surface area contributed by atoms with Crippen LogP contribution >= 0.6 is 0 Å². The van der Waals surface area contributed by atoms with Gasteiger partial charge in [-0.1, -0.05) is 12.1 Å². The van der Waals surface area contributed by atoms with Crippen LogP contribution in [0.3, 0.4) is 0 Å². The van der Waals surface area contributed by atoms with E-state index in [-0.39, 0.29) is 12.5 Å². The van der Waals surface area contributed by atoms with Crippen LogP contribution in [0.5, 0.6) is 5.75 Å². The van der Waals surface area contributed by atoms with E-state index in [0.29, 0.717) is 12.2 Å². The van der Waals surface area contributed by atoms with E-state index in [1.54, 1.807) is 52.1 Å². The molecule has 1 aliphatic rings. The summed E-state index contributed by atoms with van der Waals surface area (Å²) in [5.74, 6) is -0.115. The molecule has 0 saturated carbocycles. The highest BCUT2D eigenvalue weighted by Crippen LogP contribution is 2.34. The number of aliphatic hydroxyl groups is 1. The number of aliphatic hydroxyl groups excluding tert-OH is 1. The monoisotopic (exact) mass is 321 g/mol. The summed E-state index contributed by atoms with van der Waals surface area (Å²) in [5.41, 5.74) is 0.0931. The molecule has 1 fully saturated rings. The van der Waals surface area contributed by atoms with E-state index in [2.05, 4.69) is 0 Å². The number of hydrogen-bond acceptors (Lipinski definition) is 5. The van der Waals surface area contributed by atoms with Crippen LogP contribution in [-0.2, 0) is 9.53 Å². The number of hydrogen-bond donors (Lipinski definition) is 1. The van der Waals surface area contributed by atoms with E-state index in [1.165, 1.54) is 0 Å². The lowest BCUT2D eigenvalue weighted by atomic mass is 9.96. The second kappa shape index (κ2) is 6.58. The Morgan fingerprint density at radius 1 is 1.30 bits per heavy atom. The Bertz CT molecular complexity index is 576.